The zero-order valence-corrected chi connectivity index (χ0v) is 18.5. The lowest BCUT2D eigenvalue weighted by Gasteiger charge is -2.17. The highest BCUT2D eigenvalue weighted by Crippen LogP contribution is 2.47. The monoisotopic (exact) mass is 434 g/mol. The van der Waals surface area contributed by atoms with Gasteiger partial charge >= 0.3 is 0 Å². The summed E-state index contributed by atoms with van der Waals surface area (Å²) in [6, 6.07) is 31.3. The predicted molar refractivity (Wildman–Crippen MR) is 128 cm³/mol. The van der Waals surface area contributed by atoms with Gasteiger partial charge < -0.3 is 14.3 Å². The molecule has 6 radical (unpaired) electrons. The molecule has 0 aliphatic rings. The van der Waals surface area contributed by atoms with E-state index in [1.54, 1.807) is 12.1 Å². The van der Waals surface area contributed by atoms with Gasteiger partial charge in [-0.25, -0.2) is 0 Å². The summed E-state index contributed by atoms with van der Waals surface area (Å²) in [5.74, 6) is 0.300. The predicted octanol–water partition coefficient (Wildman–Crippen LogP) is 5.91. The van der Waals surface area contributed by atoms with E-state index in [4.69, 9.17) is 0 Å². The van der Waals surface area contributed by atoms with Gasteiger partial charge in [-0.3, -0.25) is 0 Å². The SMILES string of the molecule is Oc1ccc(O)c(-c2cccc3ccccc23)c1-c1cccc2ccccc12.[Si]O[Si]. The van der Waals surface area contributed by atoms with Crippen LogP contribution < -0.4 is 0 Å². The summed E-state index contributed by atoms with van der Waals surface area (Å²) in [4.78, 5) is 0. The Balaban J connectivity index is 0.000000730. The van der Waals surface area contributed by atoms with E-state index in [2.05, 4.69) is 49.4 Å². The van der Waals surface area contributed by atoms with Crippen LogP contribution in [0.2, 0.25) is 0 Å². The van der Waals surface area contributed by atoms with Crippen LogP contribution >= 0.6 is 0 Å². The van der Waals surface area contributed by atoms with Gasteiger partial charge in [0.15, 0.2) is 0 Å². The normalized spacial score (nSPS) is 10.6. The zero-order valence-electron chi connectivity index (χ0n) is 16.5. The molecule has 5 rings (SSSR count). The Morgan fingerprint density at radius 2 is 0.839 bits per heavy atom. The van der Waals surface area contributed by atoms with Crippen molar-refractivity contribution in [3.63, 3.8) is 0 Å². The molecule has 0 unspecified atom stereocenters. The summed E-state index contributed by atoms with van der Waals surface area (Å²) in [5, 5.41) is 26.0. The van der Waals surface area contributed by atoms with E-state index >= 15 is 0 Å². The van der Waals surface area contributed by atoms with Gasteiger partial charge in [0.05, 0.1) is 0 Å². The van der Waals surface area contributed by atoms with Gasteiger partial charge in [0.25, 0.3) is 0 Å². The third-order valence-corrected chi connectivity index (χ3v) is 5.28. The number of phenols is 2. The first-order valence-corrected chi connectivity index (χ1v) is 10.5. The number of aromatic hydroxyl groups is 2. The van der Waals surface area contributed by atoms with E-state index in [1.165, 1.54) is 0 Å². The maximum absolute atomic E-state index is 10.9. The van der Waals surface area contributed by atoms with Crippen molar-refractivity contribution in [1.82, 2.24) is 0 Å². The van der Waals surface area contributed by atoms with Crippen LogP contribution in [0.4, 0.5) is 0 Å². The molecular formula is C26H18O3Si2. The molecule has 0 aliphatic heterocycles. The molecule has 0 saturated heterocycles. The van der Waals surface area contributed by atoms with E-state index in [9.17, 15) is 10.2 Å². The Kier molecular flexibility index (Phi) is 6.18. The van der Waals surface area contributed by atoms with E-state index < -0.39 is 0 Å². The quantitative estimate of drug-likeness (QED) is 0.268. The van der Waals surface area contributed by atoms with Gasteiger partial charge in [-0.2, -0.15) is 0 Å². The van der Waals surface area contributed by atoms with Crippen molar-refractivity contribution in [2.24, 2.45) is 0 Å². The van der Waals surface area contributed by atoms with E-state index in [0.29, 0.717) is 11.1 Å². The maximum atomic E-state index is 10.9. The van der Waals surface area contributed by atoms with E-state index in [1.807, 2.05) is 60.7 Å². The standard InChI is InChI=1S/C26H18O2.OSi2/c27-23-15-16-24(28)26(22-14-6-10-18-8-2-4-12-20(18)22)25(23)21-13-5-9-17-7-1-3-11-19(17)21;2-1-3/h1-16,27-28H;. The largest absolute Gasteiger partial charge is 0.507 e. The van der Waals surface area contributed by atoms with Crippen LogP contribution in [0.1, 0.15) is 0 Å². The van der Waals surface area contributed by atoms with Crippen LogP contribution in [0.25, 0.3) is 43.8 Å². The number of fused-ring (bicyclic) bond motifs is 2. The van der Waals surface area contributed by atoms with Gasteiger partial charge in [-0.1, -0.05) is 84.9 Å². The minimum Gasteiger partial charge on any atom is -0.507 e. The molecule has 0 aromatic heterocycles. The lowest BCUT2D eigenvalue weighted by molar-refractivity contribution is 0.463. The van der Waals surface area contributed by atoms with Crippen molar-refractivity contribution in [1.29, 1.82) is 0 Å². The molecule has 5 aromatic carbocycles. The molecule has 0 saturated carbocycles. The molecule has 2 N–H and O–H groups in total. The molecule has 0 heterocycles. The van der Waals surface area contributed by atoms with E-state index in [0.717, 1.165) is 32.7 Å². The Morgan fingerprint density at radius 3 is 1.26 bits per heavy atom. The molecule has 0 fully saturated rings. The fourth-order valence-corrected chi connectivity index (χ4v) is 4.01. The molecule has 5 heteroatoms. The number of phenolic OH excluding ortho intramolecular Hbond substituents is 2. The molecule has 5 aromatic rings. The van der Waals surface area contributed by atoms with Crippen molar-refractivity contribution in [3.8, 4) is 33.8 Å². The average Bonchev–Trinajstić information content (AvgIpc) is 2.80. The molecular weight excluding hydrogens is 416 g/mol. The summed E-state index contributed by atoms with van der Waals surface area (Å²) in [5.41, 5.74) is 3.09. The Morgan fingerprint density at radius 1 is 0.484 bits per heavy atom. The van der Waals surface area contributed by atoms with E-state index in [-0.39, 0.29) is 11.5 Å². The molecule has 0 bridgehead atoms. The highest BCUT2D eigenvalue weighted by atomic mass is 28.3. The third kappa shape index (κ3) is 3.98. The molecule has 31 heavy (non-hydrogen) atoms. The Hall–Kier alpha value is -3.39. The van der Waals surface area contributed by atoms with Gasteiger partial charge in [-0.15, -0.1) is 0 Å². The number of hydrogen-bond acceptors (Lipinski definition) is 3. The molecule has 0 atom stereocenters. The minimum atomic E-state index is 0.150. The van der Waals surface area contributed by atoms with Crippen LogP contribution in [0.15, 0.2) is 97.1 Å². The second-order valence-electron chi connectivity index (χ2n) is 7.01. The number of benzene rings is 5. The Bertz CT molecular complexity index is 1250. The average molecular weight is 435 g/mol. The van der Waals surface area contributed by atoms with Crippen LogP contribution in [-0.4, -0.2) is 31.2 Å². The first-order valence-electron chi connectivity index (χ1n) is 9.66. The van der Waals surface area contributed by atoms with Gasteiger partial charge in [0.1, 0.15) is 11.5 Å². The molecule has 0 amide bonds. The smallest absolute Gasteiger partial charge is 0.229 e. The maximum Gasteiger partial charge on any atom is 0.229 e. The van der Waals surface area contributed by atoms with Crippen molar-refractivity contribution in [2.75, 3.05) is 0 Å². The fraction of sp³-hybridized carbons (Fsp3) is 0. The highest BCUT2D eigenvalue weighted by Gasteiger charge is 2.19. The lowest BCUT2D eigenvalue weighted by atomic mass is 9.88. The first kappa shape index (κ1) is 20.9. The summed E-state index contributed by atoms with van der Waals surface area (Å²) in [6.45, 7) is 0. The molecule has 0 aliphatic carbocycles. The highest BCUT2D eigenvalue weighted by molar-refractivity contribution is 6.15. The second kappa shape index (κ2) is 9.18. The molecule has 0 spiro atoms. The fourth-order valence-electron chi connectivity index (χ4n) is 4.01. The van der Waals surface area contributed by atoms with Crippen LogP contribution in [0, 0.1) is 0 Å². The Labute approximate surface area is 187 Å². The first-order chi connectivity index (χ1) is 15.2. The van der Waals surface area contributed by atoms with Crippen molar-refractivity contribution < 1.29 is 14.3 Å². The van der Waals surface area contributed by atoms with Crippen molar-refractivity contribution in [2.45, 2.75) is 0 Å². The van der Waals surface area contributed by atoms with Crippen LogP contribution in [0.5, 0.6) is 11.5 Å². The number of hydrogen-bond donors (Lipinski definition) is 2. The van der Waals surface area contributed by atoms with Gasteiger partial charge in [0.2, 0.25) is 21.0 Å². The van der Waals surface area contributed by atoms with Crippen molar-refractivity contribution in [3.05, 3.63) is 97.1 Å². The summed E-state index contributed by atoms with van der Waals surface area (Å²) in [6.07, 6.45) is 0. The molecule has 148 valence electrons. The summed E-state index contributed by atoms with van der Waals surface area (Å²) < 4.78 is 3.86. The second-order valence-corrected chi connectivity index (χ2v) is 7.83. The van der Waals surface area contributed by atoms with Crippen molar-refractivity contribution >= 4 is 42.5 Å². The van der Waals surface area contributed by atoms with Crippen LogP contribution in [0.3, 0.4) is 0 Å². The summed E-state index contributed by atoms with van der Waals surface area (Å²) in [7, 11) is 5.19. The minimum absolute atomic E-state index is 0.150. The van der Waals surface area contributed by atoms with Crippen LogP contribution in [-0.2, 0) is 4.12 Å². The zero-order chi connectivity index (χ0) is 21.8. The number of rotatable bonds is 2. The third-order valence-electron chi connectivity index (χ3n) is 5.28. The molecule has 3 nitrogen and oxygen atoms in total. The summed E-state index contributed by atoms with van der Waals surface area (Å²) >= 11 is 0. The van der Waals surface area contributed by atoms with Gasteiger partial charge in [0, 0.05) is 11.1 Å². The topological polar surface area (TPSA) is 49.7 Å². The lowest BCUT2D eigenvalue weighted by Crippen LogP contribution is -1.90. The van der Waals surface area contributed by atoms with Gasteiger partial charge in [-0.05, 0) is 44.8 Å².